The average Bonchev–Trinajstić information content (AvgIpc) is 2.94. The molecule has 2 aromatic heterocycles. The van der Waals surface area contributed by atoms with Crippen molar-refractivity contribution in [1.29, 1.82) is 0 Å². The van der Waals surface area contributed by atoms with Crippen molar-refractivity contribution in [1.82, 2.24) is 14.9 Å². The number of aromatic nitrogens is 2. The summed E-state index contributed by atoms with van der Waals surface area (Å²) in [6.45, 7) is 2.27. The largest absolute Gasteiger partial charge is 0.467 e. The molecular formula is C15H21N3O. The highest BCUT2D eigenvalue weighted by Crippen LogP contribution is 2.31. The van der Waals surface area contributed by atoms with E-state index in [1.165, 1.54) is 19.3 Å². The molecule has 2 heterocycles. The Bertz CT molecular complexity index is 513. The lowest BCUT2D eigenvalue weighted by Gasteiger charge is -2.34. The molecule has 1 aliphatic rings. The zero-order valence-corrected chi connectivity index (χ0v) is 11.5. The van der Waals surface area contributed by atoms with Gasteiger partial charge in [0.2, 0.25) is 0 Å². The molecule has 1 N–H and O–H groups in total. The summed E-state index contributed by atoms with van der Waals surface area (Å²) in [4.78, 5) is 4.47. The molecule has 19 heavy (non-hydrogen) atoms. The average molecular weight is 259 g/mol. The summed E-state index contributed by atoms with van der Waals surface area (Å²) in [7, 11) is 2.02. The fraction of sp³-hybridized carbons (Fsp3) is 0.533. The quantitative estimate of drug-likeness (QED) is 0.898. The van der Waals surface area contributed by atoms with Crippen LogP contribution in [0.15, 0.2) is 35.2 Å². The third kappa shape index (κ3) is 2.45. The Morgan fingerprint density at radius 1 is 1.47 bits per heavy atom. The summed E-state index contributed by atoms with van der Waals surface area (Å²) >= 11 is 0. The van der Waals surface area contributed by atoms with E-state index in [2.05, 4.69) is 17.2 Å². The highest BCUT2D eigenvalue weighted by atomic mass is 16.3. The van der Waals surface area contributed by atoms with Crippen molar-refractivity contribution in [2.24, 2.45) is 13.0 Å². The van der Waals surface area contributed by atoms with E-state index in [1.54, 1.807) is 6.26 Å². The summed E-state index contributed by atoms with van der Waals surface area (Å²) in [5, 5.41) is 3.69. The van der Waals surface area contributed by atoms with E-state index in [1.807, 2.05) is 36.1 Å². The van der Waals surface area contributed by atoms with Gasteiger partial charge in [-0.05, 0) is 37.8 Å². The maximum absolute atomic E-state index is 5.59. The third-order valence-corrected chi connectivity index (χ3v) is 4.23. The number of aryl methyl sites for hydroxylation is 1. The van der Waals surface area contributed by atoms with Crippen molar-refractivity contribution < 1.29 is 4.42 Å². The minimum atomic E-state index is 0.0330. The highest BCUT2D eigenvalue weighted by molar-refractivity contribution is 5.16. The topological polar surface area (TPSA) is 43.0 Å². The molecule has 2 atom stereocenters. The molecule has 1 fully saturated rings. The van der Waals surface area contributed by atoms with E-state index < -0.39 is 0 Å². The first-order valence-corrected chi connectivity index (χ1v) is 7.02. The van der Waals surface area contributed by atoms with Gasteiger partial charge < -0.3 is 8.98 Å². The Morgan fingerprint density at radius 3 is 2.84 bits per heavy atom. The number of rotatable bonds is 5. The van der Waals surface area contributed by atoms with E-state index in [-0.39, 0.29) is 6.04 Å². The summed E-state index contributed by atoms with van der Waals surface area (Å²) in [5.41, 5.74) is 0. The van der Waals surface area contributed by atoms with Crippen LogP contribution in [-0.2, 0) is 7.05 Å². The van der Waals surface area contributed by atoms with Crippen LogP contribution in [0.5, 0.6) is 0 Å². The first-order valence-electron chi connectivity index (χ1n) is 7.02. The second kappa shape index (κ2) is 5.21. The van der Waals surface area contributed by atoms with Crippen LogP contribution in [0, 0.1) is 5.92 Å². The molecule has 2 aromatic rings. The number of hydrogen-bond donors (Lipinski definition) is 1. The van der Waals surface area contributed by atoms with E-state index in [0.29, 0.717) is 6.04 Å². The fourth-order valence-electron chi connectivity index (χ4n) is 2.73. The minimum absolute atomic E-state index is 0.0330. The molecule has 0 amide bonds. The summed E-state index contributed by atoms with van der Waals surface area (Å²) in [6, 6.07) is 4.46. The normalized spacial score (nSPS) is 19.1. The van der Waals surface area contributed by atoms with Crippen LogP contribution in [0.25, 0.3) is 0 Å². The Labute approximate surface area is 113 Å². The molecular weight excluding hydrogens is 238 g/mol. The van der Waals surface area contributed by atoms with Gasteiger partial charge in [0, 0.05) is 25.5 Å². The standard InChI is InChI=1S/C15H21N3O/c1-11(12-5-3-6-12)17-14(13-7-4-10-19-13)15-16-8-9-18(15)2/h4,7-12,14,17H,3,5-6H2,1-2H3. The molecule has 0 saturated heterocycles. The van der Waals surface area contributed by atoms with E-state index in [4.69, 9.17) is 4.42 Å². The summed E-state index contributed by atoms with van der Waals surface area (Å²) in [6.07, 6.45) is 9.56. The Morgan fingerprint density at radius 2 is 2.32 bits per heavy atom. The van der Waals surface area contributed by atoms with Crippen molar-refractivity contribution in [3.8, 4) is 0 Å². The Kier molecular flexibility index (Phi) is 3.42. The highest BCUT2D eigenvalue weighted by Gasteiger charge is 2.29. The van der Waals surface area contributed by atoms with Gasteiger partial charge in [-0.25, -0.2) is 4.98 Å². The van der Waals surface area contributed by atoms with Crippen LogP contribution in [0.2, 0.25) is 0 Å². The molecule has 2 unspecified atom stereocenters. The number of hydrogen-bond acceptors (Lipinski definition) is 3. The van der Waals surface area contributed by atoms with Gasteiger partial charge in [0.15, 0.2) is 0 Å². The third-order valence-electron chi connectivity index (χ3n) is 4.23. The maximum Gasteiger partial charge on any atom is 0.133 e. The number of imidazole rings is 1. The van der Waals surface area contributed by atoms with Crippen LogP contribution in [0.1, 0.15) is 43.8 Å². The van der Waals surface area contributed by atoms with Crippen LogP contribution in [-0.4, -0.2) is 15.6 Å². The van der Waals surface area contributed by atoms with Gasteiger partial charge in [0.05, 0.1) is 6.26 Å². The molecule has 0 bridgehead atoms. The maximum atomic E-state index is 5.59. The molecule has 4 heteroatoms. The van der Waals surface area contributed by atoms with Crippen LogP contribution < -0.4 is 5.32 Å². The first kappa shape index (κ1) is 12.5. The van der Waals surface area contributed by atoms with Gasteiger partial charge in [0.1, 0.15) is 17.6 Å². The van der Waals surface area contributed by atoms with Gasteiger partial charge in [-0.15, -0.1) is 0 Å². The molecule has 0 radical (unpaired) electrons. The lowest BCUT2D eigenvalue weighted by atomic mass is 9.80. The predicted molar refractivity (Wildman–Crippen MR) is 73.7 cm³/mol. The summed E-state index contributed by atoms with van der Waals surface area (Å²) in [5.74, 6) is 2.72. The zero-order valence-electron chi connectivity index (χ0n) is 11.5. The minimum Gasteiger partial charge on any atom is -0.467 e. The van der Waals surface area contributed by atoms with Gasteiger partial charge in [0.25, 0.3) is 0 Å². The molecule has 0 aromatic carbocycles. The number of furan rings is 1. The van der Waals surface area contributed by atoms with Crippen molar-refractivity contribution >= 4 is 0 Å². The van der Waals surface area contributed by atoms with E-state index >= 15 is 0 Å². The van der Waals surface area contributed by atoms with Crippen LogP contribution >= 0.6 is 0 Å². The van der Waals surface area contributed by atoms with Gasteiger partial charge in [-0.2, -0.15) is 0 Å². The zero-order chi connectivity index (χ0) is 13.2. The fourth-order valence-corrected chi connectivity index (χ4v) is 2.73. The first-order chi connectivity index (χ1) is 9.25. The van der Waals surface area contributed by atoms with Crippen molar-refractivity contribution in [3.05, 3.63) is 42.4 Å². The molecule has 0 aliphatic heterocycles. The van der Waals surface area contributed by atoms with Gasteiger partial charge >= 0.3 is 0 Å². The second-order valence-electron chi connectivity index (χ2n) is 5.49. The molecule has 1 aliphatic carbocycles. The van der Waals surface area contributed by atoms with Gasteiger partial charge in [-0.1, -0.05) is 6.42 Å². The monoisotopic (exact) mass is 259 g/mol. The molecule has 0 spiro atoms. The smallest absolute Gasteiger partial charge is 0.133 e. The molecule has 3 rings (SSSR count). The van der Waals surface area contributed by atoms with Crippen LogP contribution in [0.4, 0.5) is 0 Å². The molecule has 4 nitrogen and oxygen atoms in total. The number of nitrogens with zero attached hydrogens (tertiary/aromatic N) is 2. The Hall–Kier alpha value is -1.55. The number of nitrogens with one attached hydrogen (secondary N) is 1. The SMILES string of the molecule is CC(NC(c1ccco1)c1nccn1C)C1CCC1. The van der Waals surface area contributed by atoms with Crippen LogP contribution in [0.3, 0.4) is 0 Å². The van der Waals surface area contributed by atoms with Crippen molar-refractivity contribution in [2.75, 3.05) is 0 Å². The lowest BCUT2D eigenvalue weighted by molar-refractivity contribution is 0.225. The summed E-state index contributed by atoms with van der Waals surface area (Å²) < 4.78 is 7.64. The van der Waals surface area contributed by atoms with E-state index in [0.717, 1.165) is 17.5 Å². The van der Waals surface area contributed by atoms with E-state index in [9.17, 15) is 0 Å². The molecule has 102 valence electrons. The Balaban J connectivity index is 1.82. The second-order valence-corrected chi connectivity index (χ2v) is 5.49. The lowest BCUT2D eigenvalue weighted by Crippen LogP contribution is -2.40. The predicted octanol–water partition coefficient (Wildman–Crippen LogP) is 2.88. The van der Waals surface area contributed by atoms with Crippen molar-refractivity contribution in [3.63, 3.8) is 0 Å². The molecule has 1 saturated carbocycles. The van der Waals surface area contributed by atoms with Crippen molar-refractivity contribution in [2.45, 2.75) is 38.3 Å². The van der Waals surface area contributed by atoms with Gasteiger partial charge in [-0.3, -0.25) is 5.32 Å².